The van der Waals surface area contributed by atoms with Crippen LogP contribution in [0, 0.1) is 0 Å². The zero-order valence-corrected chi connectivity index (χ0v) is 15.8. The Morgan fingerprint density at radius 2 is 1.56 bits per heavy atom. The number of hydrogen-bond donors (Lipinski definition) is 0. The normalized spacial score (nSPS) is 14.6. The van der Waals surface area contributed by atoms with Crippen molar-refractivity contribution in [3.63, 3.8) is 0 Å². The second-order valence-corrected chi connectivity index (χ2v) is 6.55. The summed E-state index contributed by atoms with van der Waals surface area (Å²) in [5.74, 6) is 0.0421. The number of ether oxygens (including phenoxy) is 1. The fraction of sp³-hybridized carbons (Fsp3) is 0.500. The highest BCUT2D eigenvalue weighted by molar-refractivity contribution is 6.55. The molecule has 4 nitrogen and oxygen atoms in total. The van der Waals surface area contributed by atoms with E-state index < -0.39 is 0 Å². The Bertz CT molecular complexity index is 637. The molecule has 2 rings (SSSR count). The lowest BCUT2D eigenvalue weighted by molar-refractivity contribution is -0.136. The third-order valence-electron chi connectivity index (χ3n) is 4.30. The van der Waals surface area contributed by atoms with Crippen molar-refractivity contribution in [1.29, 1.82) is 0 Å². The third kappa shape index (κ3) is 4.85. The second-order valence-electron chi connectivity index (χ2n) is 6.18. The first-order valence-electron chi connectivity index (χ1n) is 9.09. The van der Waals surface area contributed by atoms with Crippen molar-refractivity contribution in [2.24, 2.45) is 0 Å². The maximum atomic E-state index is 12.6. The van der Waals surface area contributed by atoms with Crippen LogP contribution in [0.3, 0.4) is 0 Å². The van der Waals surface area contributed by atoms with Crippen molar-refractivity contribution in [2.75, 3.05) is 13.2 Å². The van der Waals surface area contributed by atoms with E-state index in [0.29, 0.717) is 24.3 Å². The van der Waals surface area contributed by atoms with Crippen LogP contribution in [0.4, 0.5) is 0 Å². The van der Waals surface area contributed by atoms with Gasteiger partial charge in [-0.25, -0.2) is 0 Å². The van der Waals surface area contributed by atoms with Crippen molar-refractivity contribution in [3.8, 4) is 5.75 Å². The van der Waals surface area contributed by atoms with Crippen molar-refractivity contribution in [2.45, 2.75) is 52.4 Å². The first kappa shape index (κ1) is 19.5. The molecule has 0 atom stereocenters. The van der Waals surface area contributed by atoms with Crippen molar-refractivity contribution in [1.82, 2.24) is 4.90 Å². The summed E-state index contributed by atoms with van der Waals surface area (Å²) in [6, 6.07) is 7.10. The average molecular weight is 364 g/mol. The van der Waals surface area contributed by atoms with Crippen molar-refractivity contribution >= 4 is 29.0 Å². The molecule has 0 saturated carbocycles. The van der Waals surface area contributed by atoms with Gasteiger partial charge in [-0.15, -0.1) is 0 Å². The Hall–Kier alpha value is -1.81. The number of benzene rings is 1. The van der Waals surface area contributed by atoms with Crippen LogP contribution in [-0.2, 0) is 9.59 Å². The summed E-state index contributed by atoms with van der Waals surface area (Å²) >= 11 is 6.17. The third-order valence-corrected chi connectivity index (χ3v) is 4.65. The summed E-state index contributed by atoms with van der Waals surface area (Å²) in [6.45, 7) is 5.09. The lowest BCUT2D eigenvalue weighted by atomic mass is 10.1. The monoisotopic (exact) mass is 363 g/mol. The number of rotatable bonds is 10. The van der Waals surface area contributed by atoms with E-state index in [9.17, 15) is 9.59 Å². The predicted octanol–water partition coefficient (Wildman–Crippen LogP) is 4.76. The summed E-state index contributed by atoms with van der Waals surface area (Å²) < 4.78 is 5.40. The molecule has 0 aromatic heterocycles. The number of hydrogen-bond acceptors (Lipinski definition) is 3. The Morgan fingerprint density at radius 3 is 2.20 bits per heavy atom. The zero-order chi connectivity index (χ0) is 18.2. The Morgan fingerprint density at radius 1 is 0.920 bits per heavy atom. The van der Waals surface area contributed by atoms with Gasteiger partial charge in [0.05, 0.1) is 12.2 Å². The van der Waals surface area contributed by atoms with E-state index in [1.165, 1.54) is 24.2 Å². The van der Waals surface area contributed by atoms with Crippen LogP contribution in [0.25, 0.3) is 5.57 Å². The minimum Gasteiger partial charge on any atom is -0.494 e. The van der Waals surface area contributed by atoms with Crippen LogP contribution in [0.5, 0.6) is 5.75 Å². The first-order valence-corrected chi connectivity index (χ1v) is 9.47. The van der Waals surface area contributed by atoms with Gasteiger partial charge in [0.1, 0.15) is 10.8 Å². The minimum absolute atomic E-state index is 0.0140. The SMILES string of the molecule is CCCCCCCCN1C(=O)C(Cl)=C(c2ccc(OCC)cc2)C1=O. The molecule has 0 spiro atoms. The maximum Gasteiger partial charge on any atom is 0.273 e. The molecule has 25 heavy (non-hydrogen) atoms. The molecule has 1 heterocycles. The molecule has 0 aliphatic carbocycles. The van der Waals surface area contributed by atoms with Gasteiger partial charge in [-0.1, -0.05) is 62.8 Å². The summed E-state index contributed by atoms with van der Waals surface area (Å²) in [5, 5.41) is 0.0140. The summed E-state index contributed by atoms with van der Waals surface area (Å²) in [7, 11) is 0. The fourth-order valence-electron chi connectivity index (χ4n) is 2.93. The fourth-order valence-corrected chi connectivity index (χ4v) is 3.23. The molecule has 0 bridgehead atoms. The molecule has 1 aliphatic heterocycles. The Balaban J connectivity index is 1.98. The quantitative estimate of drug-likeness (QED) is 0.444. The molecule has 0 fully saturated rings. The first-order chi connectivity index (χ1) is 12.1. The van der Waals surface area contributed by atoms with Crippen LogP contribution in [0.1, 0.15) is 57.9 Å². The molecule has 0 saturated heterocycles. The van der Waals surface area contributed by atoms with E-state index in [2.05, 4.69) is 6.92 Å². The highest BCUT2D eigenvalue weighted by atomic mass is 35.5. The van der Waals surface area contributed by atoms with Crippen molar-refractivity contribution in [3.05, 3.63) is 34.9 Å². The molecule has 0 radical (unpaired) electrons. The number of carbonyl (C=O) groups is 2. The lowest BCUT2D eigenvalue weighted by Gasteiger charge is -2.14. The molecular formula is C20H26ClNO3. The Kier molecular flexibility index (Phi) is 7.51. The smallest absolute Gasteiger partial charge is 0.273 e. The van der Waals surface area contributed by atoms with E-state index in [1.54, 1.807) is 24.3 Å². The van der Waals surface area contributed by atoms with Gasteiger partial charge < -0.3 is 4.74 Å². The standard InChI is InChI=1S/C20H26ClNO3/c1-3-5-6-7-8-9-14-22-19(23)17(18(21)20(22)24)15-10-12-16(13-11-15)25-4-2/h10-13H,3-9,14H2,1-2H3. The topological polar surface area (TPSA) is 46.6 Å². The number of amides is 2. The van der Waals surface area contributed by atoms with Gasteiger partial charge in [0, 0.05) is 6.54 Å². The summed E-state index contributed by atoms with van der Waals surface area (Å²) in [5.41, 5.74) is 0.943. The van der Waals surface area contributed by atoms with E-state index in [1.807, 2.05) is 6.92 Å². The van der Waals surface area contributed by atoms with Gasteiger partial charge in [0.15, 0.2) is 0 Å². The summed E-state index contributed by atoms with van der Waals surface area (Å²) in [6.07, 6.45) is 6.62. The van der Waals surface area contributed by atoms with E-state index in [0.717, 1.165) is 25.0 Å². The number of imide groups is 1. The number of carbonyl (C=O) groups excluding carboxylic acids is 2. The van der Waals surface area contributed by atoms with Gasteiger partial charge in [-0.2, -0.15) is 0 Å². The van der Waals surface area contributed by atoms with Crippen molar-refractivity contribution < 1.29 is 14.3 Å². The molecular weight excluding hydrogens is 338 g/mol. The van der Waals surface area contributed by atoms with Crippen LogP contribution in [0.2, 0.25) is 0 Å². The van der Waals surface area contributed by atoms with E-state index in [4.69, 9.17) is 16.3 Å². The van der Waals surface area contributed by atoms with Crippen LogP contribution in [-0.4, -0.2) is 29.9 Å². The molecule has 2 amide bonds. The molecule has 1 aromatic rings. The van der Waals surface area contributed by atoms with Gasteiger partial charge >= 0.3 is 0 Å². The van der Waals surface area contributed by atoms with Gasteiger partial charge in [-0.3, -0.25) is 14.5 Å². The van der Waals surface area contributed by atoms with Gasteiger partial charge in [0.2, 0.25) is 0 Å². The average Bonchev–Trinajstić information content (AvgIpc) is 2.82. The largest absolute Gasteiger partial charge is 0.494 e. The van der Waals surface area contributed by atoms with Crippen LogP contribution in [0.15, 0.2) is 29.3 Å². The second kappa shape index (κ2) is 9.62. The Labute approximate surface area is 154 Å². The molecule has 5 heteroatoms. The number of halogens is 1. The lowest BCUT2D eigenvalue weighted by Crippen LogP contribution is -2.32. The predicted molar refractivity (Wildman–Crippen MR) is 100 cm³/mol. The zero-order valence-electron chi connectivity index (χ0n) is 15.0. The maximum absolute atomic E-state index is 12.6. The number of nitrogens with zero attached hydrogens (tertiary/aromatic N) is 1. The van der Waals surface area contributed by atoms with E-state index in [-0.39, 0.29) is 16.8 Å². The molecule has 1 aromatic carbocycles. The minimum atomic E-state index is -0.385. The summed E-state index contributed by atoms with van der Waals surface area (Å²) in [4.78, 5) is 26.2. The molecule has 1 aliphatic rings. The highest BCUT2D eigenvalue weighted by Crippen LogP contribution is 2.32. The van der Waals surface area contributed by atoms with Crippen LogP contribution < -0.4 is 4.74 Å². The molecule has 136 valence electrons. The van der Waals surface area contributed by atoms with Crippen LogP contribution >= 0.6 is 11.6 Å². The highest BCUT2D eigenvalue weighted by Gasteiger charge is 2.37. The van der Waals surface area contributed by atoms with Gasteiger partial charge in [-0.05, 0) is 31.0 Å². The number of unbranched alkanes of at least 4 members (excludes halogenated alkanes) is 5. The van der Waals surface area contributed by atoms with E-state index >= 15 is 0 Å². The molecule has 0 unspecified atom stereocenters. The molecule has 0 N–H and O–H groups in total. The van der Waals surface area contributed by atoms with Gasteiger partial charge in [0.25, 0.3) is 11.8 Å².